The summed E-state index contributed by atoms with van der Waals surface area (Å²) in [5.41, 5.74) is 0.319. The summed E-state index contributed by atoms with van der Waals surface area (Å²) in [6, 6.07) is 4.07. The Labute approximate surface area is 197 Å². The van der Waals surface area contributed by atoms with Gasteiger partial charge < -0.3 is 19.7 Å². The van der Waals surface area contributed by atoms with Crippen LogP contribution >= 0.6 is 0 Å². The summed E-state index contributed by atoms with van der Waals surface area (Å²) in [6.07, 6.45) is 0. The number of hydrogen-bond donors (Lipinski definition) is 1. The van der Waals surface area contributed by atoms with Crippen molar-refractivity contribution in [3.05, 3.63) is 23.8 Å². The molecule has 11 heteroatoms. The predicted molar refractivity (Wildman–Crippen MR) is 126 cm³/mol. The Morgan fingerprint density at radius 2 is 1.52 bits per heavy atom. The number of piperazine rings is 1. The molecule has 1 fully saturated rings. The summed E-state index contributed by atoms with van der Waals surface area (Å²) in [7, 11) is -0.549. The molecule has 0 bridgehead atoms. The van der Waals surface area contributed by atoms with E-state index in [1.807, 2.05) is 13.8 Å². The third-order valence-electron chi connectivity index (χ3n) is 5.74. The van der Waals surface area contributed by atoms with E-state index in [0.29, 0.717) is 30.2 Å². The first-order valence-electron chi connectivity index (χ1n) is 11.2. The first kappa shape index (κ1) is 26.9. The average molecular weight is 485 g/mol. The quantitative estimate of drug-likeness (QED) is 0.534. The van der Waals surface area contributed by atoms with Gasteiger partial charge in [0.15, 0.2) is 0 Å². The van der Waals surface area contributed by atoms with Gasteiger partial charge in [-0.3, -0.25) is 9.59 Å². The number of carbonyl (C=O) groups excluding carboxylic acids is 2. The van der Waals surface area contributed by atoms with Gasteiger partial charge in [0.1, 0.15) is 17.5 Å². The van der Waals surface area contributed by atoms with Crippen LogP contribution in [0.5, 0.6) is 11.5 Å². The topological polar surface area (TPSA) is 108 Å². The van der Waals surface area contributed by atoms with Crippen LogP contribution in [-0.2, 0) is 15.0 Å². The zero-order valence-electron chi connectivity index (χ0n) is 20.3. The number of nitrogens with one attached hydrogen (secondary N) is 1. The molecule has 0 aliphatic carbocycles. The Morgan fingerprint density at radius 3 is 1.94 bits per heavy atom. The Bertz CT molecular complexity index is 903. The van der Waals surface area contributed by atoms with Gasteiger partial charge in [-0.25, -0.2) is 0 Å². The van der Waals surface area contributed by atoms with Crippen LogP contribution in [0, 0.1) is 5.92 Å². The van der Waals surface area contributed by atoms with E-state index in [1.54, 1.807) is 36.9 Å². The molecule has 0 saturated carbocycles. The van der Waals surface area contributed by atoms with Gasteiger partial charge >= 0.3 is 0 Å². The van der Waals surface area contributed by atoms with Crippen molar-refractivity contribution in [1.82, 2.24) is 18.8 Å². The van der Waals surface area contributed by atoms with Gasteiger partial charge in [-0.2, -0.15) is 17.0 Å². The second kappa shape index (κ2) is 11.7. The molecule has 1 heterocycles. The Balaban J connectivity index is 2.10. The largest absolute Gasteiger partial charge is 0.497 e. The molecule has 0 aromatic heterocycles. The summed E-state index contributed by atoms with van der Waals surface area (Å²) < 4.78 is 38.7. The normalized spacial score (nSPS) is 16.1. The molecule has 2 rings (SSSR count). The number of benzene rings is 1. The lowest BCUT2D eigenvalue weighted by Crippen LogP contribution is -2.58. The van der Waals surface area contributed by atoms with E-state index in [9.17, 15) is 18.0 Å². The van der Waals surface area contributed by atoms with Gasteiger partial charge in [0.2, 0.25) is 5.91 Å². The number of hydrogen-bond acceptors (Lipinski definition) is 6. The Kier molecular flexibility index (Phi) is 9.50. The van der Waals surface area contributed by atoms with Crippen molar-refractivity contribution in [2.75, 3.05) is 53.5 Å². The lowest BCUT2D eigenvalue weighted by molar-refractivity contribution is -0.135. The number of carbonyl (C=O) groups is 2. The lowest BCUT2D eigenvalue weighted by atomic mass is 10.0. The van der Waals surface area contributed by atoms with Gasteiger partial charge in [0, 0.05) is 50.9 Å². The summed E-state index contributed by atoms with van der Waals surface area (Å²) in [5, 5.41) is 2.83. The van der Waals surface area contributed by atoms with Gasteiger partial charge in [-0.15, -0.1) is 0 Å². The second-order valence-electron chi connectivity index (χ2n) is 8.11. The third kappa shape index (κ3) is 6.36. The van der Waals surface area contributed by atoms with Gasteiger partial charge in [0.05, 0.1) is 14.2 Å². The maximum Gasteiger partial charge on any atom is 0.282 e. The van der Waals surface area contributed by atoms with Crippen LogP contribution in [0.15, 0.2) is 18.2 Å². The van der Waals surface area contributed by atoms with E-state index in [4.69, 9.17) is 9.47 Å². The molecule has 1 aliphatic heterocycles. The van der Waals surface area contributed by atoms with Gasteiger partial charge in [0.25, 0.3) is 16.1 Å². The van der Waals surface area contributed by atoms with Crippen LogP contribution in [0.4, 0.5) is 0 Å². The van der Waals surface area contributed by atoms with E-state index in [-0.39, 0.29) is 38.0 Å². The monoisotopic (exact) mass is 484 g/mol. The molecule has 1 aromatic carbocycles. The summed E-state index contributed by atoms with van der Waals surface area (Å²) in [5.74, 6) is 0.136. The molecule has 1 N–H and O–H groups in total. The molecule has 1 aromatic rings. The number of amides is 2. The summed E-state index contributed by atoms with van der Waals surface area (Å²) in [6.45, 7) is 9.09. The van der Waals surface area contributed by atoms with E-state index >= 15 is 0 Å². The van der Waals surface area contributed by atoms with Crippen molar-refractivity contribution in [3.63, 3.8) is 0 Å². The highest BCUT2D eigenvalue weighted by molar-refractivity contribution is 7.86. The fourth-order valence-electron chi connectivity index (χ4n) is 3.73. The van der Waals surface area contributed by atoms with Crippen LogP contribution in [0.25, 0.3) is 0 Å². The van der Waals surface area contributed by atoms with Gasteiger partial charge in [-0.1, -0.05) is 27.7 Å². The van der Waals surface area contributed by atoms with Crippen LogP contribution in [0.1, 0.15) is 38.1 Å². The summed E-state index contributed by atoms with van der Waals surface area (Å²) in [4.78, 5) is 27.8. The highest BCUT2D eigenvalue weighted by Gasteiger charge is 2.35. The summed E-state index contributed by atoms with van der Waals surface area (Å²) >= 11 is 0. The fourth-order valence-corrected chi connectivity index (χ4v) is 5.33. The van der Waals surface area contributed by atoms with E-state index in [1.165, 1.54) is 22.8 Å². The molecule has 0 radical (unpaired) electrons. The second-order valence-corrected chi connectivity index (χ2v) is 10.0. The Hall–Kier alpha value is -2.37. The minimum Gasteiger partial charge on any atom is -0.497 e. The zero-order chi connectivity index (χ0) is 24.8. The van der Waals surface area contributed by atoms with Crippen molar-refractivity contribution in [2.45, 2.75) is 33.7 Å². The molecule has 1 saturated heterocycles. The highest BCUT2D eigenvalue weighted by atomic mass is 32.2. The molecule has 10 nitrogen and oxygen atoms in total. The number of rotatable bonds is 10. The van der Waals surface area contributed by atoms with Crippen molar-refractivity contribution >= 4 is 22.0 Å². The van der Waals surface area contributed by atoms with Gasteiger partial charge in [-0.05, 0) is 18.1 Å². The minimum absolute atomic E-state index is 0.161. The van der Waals surface area contributed by atoms with Crippen LogP contribution in [-0.4, -0.2) is 93.3 Å². The maximum atomic E-state index is 13.2. The first-order valence-corrected chi connectivity index (χ1v) is 12.6. The van der Waals surface area contributed by atoms with Crippen molar-refractivity contribution in [1.29, 1.82) is 0 Å². The SMILES string of the molecule is CCN(CC)S(=O)(=O)N1CCN(C(=O)[C@@H](NC(=O)c2cc(OC)cc(OC)c2)C(C)C)CC1. The zero-order valence-corrected chi connectivity index (χ0v) is 21.1. The maximum absolute atomic E-state index is 13.2. The molecular weight excluding hydrogens is 448 g/mol. The van der Waals surface area contributed by atoms with E-state index in [2.05, 4.69) is 5.32 Å². The number of methoxy groups -OCH3 is 2. The standard InChI is InChI=1S/C22H36N4O6S/c1-7-25(8-2)33(29,30)26-11-9-24(10-12-26)22(28)20(16(3)4)23-21(27)17-13-18(31-5)15-19(14-17)32-6/h13-16,20H,7-12H2,1-6H3,(H,23,27)/t20-/m0/s1. The molecule has 186 valence electrons. The first-order chi connectivity index (χ1) is 15.6. The number of nitrogens with zero attached hydrogens (tertiary/aromatic N) is 3. The van der Waals surface area contributed by atoms with Crippen LogP contribution in [0.3, 0.4) is 0 Å². The molecule has 0 unspecified atom stereocenters. The van der Waals surface area contributed by atoms with Crippen LogP contribution in [0.2, 0.25) is 0 Å². The molecule has 33 heavy (non-hydrogen) atoms. The number of ether oxygens (including phenoxy) is 2. The van der Waals surface area contributed by atoms with Crippen LogP contribution < -0.4 is 14.8 Å². The third-order valence-corrected chi connectivity index (χ3v) is 7.93. The molecule has 2 amide bonds. The molecule has 1 aliphatic rings. The van der Waals surface area contributed by atoms with Crippen molar-refractivity contribution < 1.29 is 27.5 Å². The molecular formula is C22H36N4O6S. The van der Waals surface area contributed by atoms with Crippen molar-refractivity contribution in [3.8, 4) is 11.5 Å². The minimum atomic E-state index is -3.54. The lowest BCUT2D eigenvalue weighted by Gasteiger charge is -2.38. The smallest absolute Gasteiger partial charge is 0.282 e. The fraction of sp³-hybridized carbons (Fsp3) is 0.636. The average Bonchev–Trinajstić information content (AvgIpc) is 2.81. The highest BCUT2D eigenvalue weighted by Crippen LogP contribution is 2.23. The predicted octanol–water partition coefficient (Wildman–Crippen LogP) is 1.19. The molecule has 0 spiro atoms. The van der Waals surface area contributed by atoms with E-state index < -0.39 is 22.2 Å². The van der Waals surface area contributed by atoms with Crippen molar-refractivity contribution in [2.24, 2.45) is 5.92 Å². The Morgan fingerprint density at radius 1 is 1.00 bits per heavy atom. The van der Waals surface area contributed by atoms with E-state index in [0.717, 1.165) is 0 Å². The molecule has 1 atom stereocenters.